The summed E-state index contributed by atoms with van der Waals surface area (Å²) < 4.78 is 29.8. The van der Waals surface area contributed by atoms with Gasteiger partial charge in [-0.1, -0.05) is 38.0 Å². The second-order valence-electron chi connectivity index (χ2n) is 5.13. The van der Waals surface area contributed by atoms with E-state index in [9.17, 15) is 8.42 Å². The van der Waals surface area contributed by atoms with Crippen LogP contribution in [0.4, 0.5) is 0 Å². The lowest BCUT2D eigenvalue weighted by atomic mass is 10.2. The van der Waals surface area contributed by atoms with Crippen molar-refractivity contribution in [1.82, 2.24) is 0 Å². The predicted octanol–water partition coefficient (Wildman–Crippen LogP) is 3.22. The Morgan fingerprint density at radius 1 is 1.21 bits per heavy atom. The van der Waals surface area contributed by atoms with E-state index in [1.54, 1.807) is 12.1 Å². The Balaban J connectivity index is 2.52. The van der Waals surface area contributed by atoms with Crippen LogP contribution in [0.3, 0.4) is 0 Å². The maximum atomic E-state index is 12.2. The summed E-state index contributed by atoms with van der Waals surface area (Å²) in [7, 11) is -3.20. The van der Waals surface area contributed by atoms with E-state index in [0.717, 1.165) is 18.4 Å². The largest absolute Gasteiger partial charge is 0.381 e. The number of hydrogen-bond donors (Lipinski definition) is 0. The molecule has 0 aromatic heterocycles. The average molecular weight is 284 g/mol. The Morgan fingerprint density at radius 3 is 2.42 bits per heavy atom. The van der Waals surface area contributed by atoms with Crippen LogP contribution >= 0.6 is 0 Å². The van der Waals surface area contributed by atoms with Gasteiger partial charge in [0.2, 0.25) is 0 Å². The molecule has 1 aromatic carbocycles. The zero-order chi connectivity index (χ0) is 14.3. The number of hydrogen-bond acceptors (Lipinski definition) is 3. The first-order valence-corrected chi connectivity index (χ1v) is 8.48. The predicted molar refractivity (Wildman–Crippen MR) is 78.1 cm³/mol. The van der Waals surface area contributed by atoms with E-state index in [4.69, 9.17) is 4.74 Å². The Kier molecular flexibility index (Phi) is 6.52. The number of rotatable bonds is 8. The lowest BCUT2D eigenvalue weighted by Crippen LogP contribution is -2.18. The summed E-state index contributed by atoms with van der Waals surface area (Å²) in [5.41, 5.74) is 1.06. The Morgan fingerprint density at radius 2 is 1.84 bits per heavy atom. The van der Waals surface area contributed by atoms with Crippen molar-refractivity contribution in [3.8, 4) is 0 Å². The summed E-state index contributed by atoms with van der Waals surface area (Å²) in [6.07, 6.45) is 2.12. The highest BCUT2D eigenvalue weighted by Gasteiger charge is 2.18. The Bertz CT molecular complexity index is 463. The smallest absolute Gasteiger partial charge is 0.178 e. The minimum atomic E-state index is -3.20. The summed E-state index contributed by atoms with van der Waals surface area (Å²) >= 11 is 0. The first kappa shape index (κ1) is 16.2. The third kappa shape index (κ3) is 5.74. The fourth-order valence-electron chi connectivity index (χ4n) is 1.80. The van der Waals surface area contributed by atoms with Crippen molar-refractivity contribution in [2.75, 3.05) is 19.0 Å². The van der Waals surface area contributed by atoms with Crippen LogP contribution in [0, 0.1) is 12.8 Å². The Hall–Kier alpha value is -0.870. The van der Waals surface area contributed by atoms with E-state index in [-0.39, 0.29) is 11.7 Å². The van der Waals surface area contributed by atoms with Gasteiger partial charge in [0.05, 0.1) is 17.3 Å². The molecule has 3 nitrogen and oxygen atoms in total. The van der Waals surface area contributed by atoms with Crippen LogP contribution in [-0.4, -0.2) is 27.4 Å². The van der Waals surface area contributed by atoms with Gasteiger partial charge in [-0.05, 0) is 31.4 Å². The summed E-state index contributed by atoms with van der Waals surface area (Å²) in [5.74, 6) is 0.158. The molecule has 0 aliphatic rings. The maximum absolute atomic E-state index is 12.2. The summed E-state index contributed by atoms with van der Waals surface area (Å²) in [6.45, 7) is 7.18. The van der Waals surface area contributed by atoms with Crippen molar-refractivity contribution in [3.05, 3.63) is 29.8 Å². The maximum Gasteiger partial charge on any atom is 0.178 e. The number of benzene rings is 1. The number of unbranched alkanes of at least 4 members (excludes halogenated alkanes) is 1. The second-order valence-corrected chi connectivity index (χ2v) is 7.16. The van der Waals surface area contributed by atoms with E-state index < -0.39 is 9.84 Å². The quantitative estimate of drug-likeness (QED) is 0.688. The van der Waals surface area contributed by atoms with Gasteiger partial charge in [0.25, 0.3) is 0 Å². The van der Waals surface area contributed by atoms with Crippen LogP contribution in [0.2, 0.25) is 0 Å². The van der Waals surface area contributed by atoms with Gasteiger partial charge in [-0.25, -0.2) is 8.42 Å². The minimum Gasteiger partial charge on any atom is -0.381 e. The molecule has 108 valence electrons. The van der Waals surface area contributed by atoms with Crippen molar-refractivity contribution < 1.29 is 13.2 Å². The molecular formula is C15H24O3S. The summed E-state index contributed by atoms with van der Waals surface area (Å²) in [4.78, 5) is 0.401. The van der Waals surface area contributed by atoms with Crippen molar-refractivity contribution in [2.45, 2.75) is 38.5 Å². The molecular weight excluding hydrogens is 260 g/mol. The fraction of sp³-hybridized carbons (Fsp3) is 0.600. The van der Waals surface area contributed by atoms with Crippen molar-refractivity contribution in [1.29, 1.82) is 0 Å². The van der Waals surface area contributed by atoms with Crippen molar-refractivity contribution in [2.24, 2.45) is 5.92 Å². The molecule has 1 aromatic rings. The molecule has 0 N–H and O–H groups in total. The lowest BCUT2D eigenvalue weighted by Gasteiger charge is -2.12. The molecule has 19 heavy (non-hydrogen) atoms. The Labute approximate surface area is 116 Å². The first-order chi connectivity index (χ1) is 8.95. The molecule has 1 rings (SSSR count). The van der Waals surface area contributed by atoms with Crippen LogP contribution in [-0.2, 0) is 14.6 Å². The molecule has 0 saturated heterocycles. The van der Waals surface area contributed by atoms with E-state index in [0.29, 0.717) is 18.1 Å². The van der Waals surface area contributed by atoms with Gasteiger partial charge < -0.3 is 4.74 Å². The van der Waals surface area contributed by atoms with Crippen LogP contribution < -0.4 is 0 Å². The minimum absolute atomic E-state index is 0.0168. The summed E-state index contributed by atoms with van der Waals surface area (Å²) in [6, 6.07) is 7.01. The van der Waals surface area contributed by atoms with Gasteiger partial charge in [0, 0.05) is 6.61 Å². The molecule has 0 heterocycles. The topological polar surface area (TPSA) is 43.4 Å². The second kappa shape index (κ2) is 7.65. The zero-order valence-electron chi connectivity index (χ0n) is 12.1. The number of sulfone groups is 1. The number of ether oxygens (including phenoxy) is 1. The van der Waals surface area contributed by atoms with E-state index in [1.807, 2.05) is 26.0 Å². The van der Waals surface area contributed by atoms with Gasteiger partial charge in [-0.2, -0.15) is 0 Å². The fourth-order valence-corrected chi connectivity index (χ4v) is 3.38. The molecule has 0 bridgehead atoms. The third-order valence-electron chi connectivity index (χ3n) is 2.93. The van der Waals surface area contributed by atoms with Gasteiger partial charge in [0.15, 0.2) is 9.84 Å². The molecule has 0 saturated carbocycles. The SMILES string of the molecule is CCCCOCC(C)CS(=O)(=O)c1ccc(C)cc1. The molecule has 0 fully saturated rings. The van der Waals surface area contributed by atoms with Crippen molar-refractivity contribution >= 4 is 9.84 Å². The molecule has 1 unspecified atom stereocenters. The monoisotopic (exact) mass is 284 g/mol. The average Bonchev–Trinajstić information content (AvgIpc) is 2.34. The van der Waals surface area contributed by atoms with E-state index in [1.165, 1.54) is 0 Å². The van der Waals surface area contributed by atoms with Crippen LogP contribution in [0.5, 0.6) is 0 Å². The van der Waals surface area contributed by atoms with Crippen molar-refractivity contribution in [3.63, 3.8) is 0 Å². The molecule has 4 heteroatoms. The third-order valence-corrected chi connectivity index (χ3v) is 4.93. The molecule has 1 atom stereocenters. The molecule has 0 amide bonds. The molecule has 0 aliphatic heterocycles. The number of aryl methyl sites for hydroxylation is 1. The van der Waals surface area contributed by atoms with Gasteiger partial charge in [0.1, 0.15) is 0 Å². The van der Waals surface area contributed by atoms with Gasteiger partial charge in [-0.15, -0.1) is 0 Å². The summed E-state index contributed by atoms with van der Waals surface area (Å²) in [5, 5.41) is 0. The highest BCUT2D eigenvalue weighted by Crippen LogP contribution is 2.15. The standard InChI is InChI=1S/C15H24O3S/c1-4-5-10-18-11-14(3)12-19(16,17)15-8-6-13(2)7-9-15/h6-9,14H,4-5,10-12H2,1-3H3. The van der Waals surface area contributed by atoms with Gasteiger partial charge in [-0.3, -0.25) is 0 Å². The lowest BCUT2D eigenvalue weighted by molar-refractivity contribution is 0.108. The zero-order valence-corrected chi connectivity index (χ0v) is 12.9. The molecule has 0 radical (unpaired) electrons. The molecule has 0 aliphatic carbocycles. The van der Waals surface area contributed by atoms with Crippen LogP contribution in [0.1, 0.15) is 32.3 Å². The highest BCUT2D eigenvalue weighted by molar-refractivity contribution is 7.91. The first-order valence-electron chi connectivity index (χ1n) is 6.83. The van der Waals surface area contributed by atoms with E-state index >= 15 is 0 Å². The normalized spacial score (nSPS) is 13.4. The van der Waals surface area contributed by atoms with Gasteiger partial charge >= 0.3 is 0 Å². The van der Waals surface area contributed by atoms with E-state index in [2.05, 4.69) is 6.92 Å². The van der Waals surface area contributed by atoms with Crippen LogP contribution in [0.25, 0.3) is 0 Å². The molecule has 0 spiro atoms. The highest BCUT2D eigenvalue weighted by atomic mass is 32.2. The van der Waals surface area contributed by atoms with Crippen LogP contribution in [0.15, 0.2) is 29.2 Å².